The highest BCUT2D eigenvalue weighted by Crippen LogP contribution is 2.40. The van der Waals surface area contributed by atoms with Gasteiger partial charge in [0.15, 0.2) is 0 Å². The van der Waals surface area contributed by atoms with Gasteiger partial charge in [-0.15, -0.1) is 0 Å². The Morgan fingerprint density at radius 2 is 1.12 bits per heavy atom. The van der Waals surface area contributed by atoms with Crippen molar-refractivity contribution in [3.8, 4) is 11.1 Å². The van der Waals surface area contributed by atoms with Gasteiger partial charge in [-0.3, -0.25) is 0 Å². The molecule has 0 fully saturated rings. The third-order valence-corrected chi connectivity index (χ3v) is 6.96. The third-order valence-electron chi connectivity index (χ3n) is 6.96. The molecule has 0 aliphatic heterocycles. The molecule has 1 nitrogen and oxygen atoms in total. The van der Waals surface area contributed by atoms with Crippen molar-refractivity contribution in [2.45, 2.75) is 0 Å². The molecule has 150 valence electrons. The number of hydrogen-bond donors (Lipinski definition) is 0. The van der Waals surface area contributed by atoms with Crippen molar-refractivity contribution in [3.63, 3.8) is 0 Å². The maximum atomic E-state index is 2.39. The average Bonchev–Trinajstić information content (AvgIpc) is 3.15. The minimum atomic E-state index is 1.26. The Labute approximate surface area is 186 Å². The molecule has 0 unspecified atom stereocenters. The van der Waals surface area contributed by atoms with E-state index in [1.54, 1.807) is 0 Å². The first-order chi connectivity index (χ1) is 15.8. The molecule has 0 radical (unpaired) electrons. The lowest BCUT2D eigenvalue weighted by Crippen LogP contribution is -1.89. The molecular formula is C31H21N. The van der Waals surface area contributed by atoms with Crippen LogP contribution in [0.1, 0.15) is 0 Å². The number of rotatable bonds is 1. The molecule has 1 heteroatoms. The monoisotopic (exact) mass is 407 g/mol. The highest BCUT2D eigenvalue weighted by molar-refractivity contribution is 6.21. The van der Waals surface area contributed by atoms with E-state index in [-0.39, 0.29) is 0 Å². The first kappa shape index (κ1) is 17.6. The second-order valence-electron chi connectivity index (χ2n) is 8.66. The van der Waals surface area contributed by atoms with Gasteiger partial charge in [-0.2, -0.15) is 0 Å². The number of hydrogen-bond acceptors (Lipinski definition) is 0. The molecule has 7 aromatic rings. The van der Waals surface area contributed by atoms with E-state index >= 15 is 0 Å². The number of fused-ring (bicyclic) bond motifs is 8. The zero-order valence-corrected chi connectivity index (χ0v) is 17.8. The van der Waals surface area contributed by atoms with E-state index in [0.717, 1.165) is 0 Å². The lowest BCUT2D eigenvalue weighted by molar-refractivity contribution is 1.02. The zero-order valence-electron chi connectivity index (χ0n) is 17.8. The van der Waals surface area contributed by atoms with Crippen molar-refractivity contribution in [3.05, 3.63) is 109 Å². The quantitative estimate of drug-likeness (QED) is 0.241. The van der Waals surface area contributed by atoms with Crippen LogP contribution in [0.25, 0.3) is 65.3 Å². The summed E-state index contributed by atoms with van der Waals surface area (Å²) in [4.78, 5) is 0. The van der Waals surface area contributed by atoms with Gasteiger partial charge in [0.05, 0.1) is 5.52 Å². The molecule has 0 bridgehead atoms. The average molecular weight is 408 g/mol. The third kappa shape index (κ3) is 2.34. The van der Waals surface area contributed by atoms with Gasteiger partial charge in [-0.05, 0) is 56.3 Å². The predicted molar refractivity (Wildman–Crippen MR) is 138 cm³/mol. The summed E-state index contributed by atoms with van der Waals surface area (Å²) in [5.41, 5.74) is 5.13. The van der Waals surface area contributed by atoms with Crippen LogP contribution in [0.4, 0.5) is 0 Å². The number of aromatic nitrogens is 1. The lowest BCUT2D eigenvalue weighted by Gasteiger charge is -2.12. The normalized spacial score (nSPS) is 11.9. The van der Waals surface area contributed by atoms with E-state index in [2.05, 4.69) is 121 Å². The first-order valence-electron chi connectivity index (χ1n) is 11.1. The van der Waals surface area contributed by atoms with Crippen LogP contribution in [0.2, 0.25) is 0 Å². The van der Waals surface area contributed by atoms with Crippen LogP contribution < -0.4 is 0 Å². The highest BCUT2D eigenvalue weighted by atomic mass is 14.9. The van der Waals surface area contributed by atoms with E-state index in [1.165, 1.54) is 65.3 Å². The summed E-state index contributed by atoms with van der Waals surface area (Å²) in [7, 11) is 2.18. The second-order valence-corrected chi connectivity index (χ2v) is 8.66. The van der Waals surface area contributed by atoms with Gasteiger partial charge < -0.3 is 4.57 Å². The van der Waals surface area contributed by atoms with Crippen LogP contribution in [0.5, 0.6) is 0 Å². The molecule has 0 saturated carbocycles. The van der Waals surface area contributed by atoms with E-state index in [9.17, 15) is 0 Å². The summed E-state index contributed by atoms with van der Waals surface area (Å²) in [5, 5.41) is 10.4. The number of aryl methyl sites for hydroxylation is 1. The van der Waals surface area contributed by atoms with Crippen molar-refractivity contribution in [2.24, 2.45) is 7.05 Å². The molecule has 1 aromatic heterocycles. The fourth-order valence-electron chi connectivity index (χ4n) is 5.46. The van der Waals surface area contributed by atoms with Crippen LogP contribution in [0.3, 0.4) is 0 Å². The molecule has 0 amide bonds. The van der Waals surface area contributed by atoms with Crippen LogP contribution in [0.15, 0.2) is 109 Å². The number of para-hydroxylation sites is 1. The van der Waals surface area contributed by atoms with Crippen molar-refractivity contribution in [2.75, 3.05) is 0 Å². The van der Waals surface area contributed by atoms with E-state index in [0.29, 0.717) is 0 Å². The van der Waals surface area contributed by atoms with Gasteiger partial charge in [0.2, 0.25) is 0 Å². The van der Waals surface area contributed by atoms with Gasteiger partial charge in [0.1, 0.15) is 0 Å². The predicted octanol–water partition coefficient (Wildman–Crippen LogP) is 8.46. The molecular weight excluding hydrogens is 386 g/mol. The molecule has 0 aliphatic rings. The minimum Gasteiger partial charge on any atom is -0.343 e. The smallest absolute Gasteiger partial charge is 0.0568 e. The highest BCUT2D eigenvalue weighted by Gasteiger charge is 2.15. The van der Waals surface area contributed by atoms with Gasteiger partial charge >= 0.3 is 0 Å². The molecule has 0 atom stereocenters. The van der Waals surface area contributed by atoms with Crippen LogP contribution >= 0.6 is 0 Å². The fourth-order valence-corrected chi connectivity index (χ4v) is 5.46. The standard InChI is InChI=1S/C31H21N/c1-32-30-13-7-6-11-26(30)29-19-28(25-10-4-5-12-27(25)31(29)32)22-16-17-24-21(18-22)15-14-20-8-2-3-9-23(20)24/h2-19H,1H3. The molecule has 32 heavy (non-hydrogen) atoms. The Balaban J connectivity index is 1.59. The summed E-state index contributed by atoms with van der Waals surface area (Å²) in [6.45, 7) is 0. The molecule has 0 N–H and O–H groups in total. The number of nitrogens with zero attached hydrogens (tertiary/aromatic N) is 1. The maximum Gasteiger partial charge on any atom is 0.0568 e. The van der Waals surface area contributed by atoms with Crippen molar-refractivity contribution in [1.29, 1.82) is 0 Å². The van der Waals surface area contributed by atoms with E-state index in [4.69, 9.17) is 0 Å². The van der Waals surface area contributed by atoms with Gasteiger partial charge in [0.25, 0.3) is 0 Å². The van der Waals surface area contributed by atoms with Crippen LogP contribution in [-0.4, -0.2) is 4.57 Å². The van der Waals surface area contributed by atoms with E-state index in [1.807, 2.05) is 0 Å². The Hall–Kier alpha value is -4.10. The Bertz CT molecular complexity index is 1840. The minimum absolute atomic E-state index is 1.26. The zero-order chi connectivity index (χ0) is 21.2. The van der Waals surface area contributed by atoms with Crippen LogP contribution in [0, 0.1) is 0 Å². The molecule has 0 spiro atoms. The Kier molecular flexibility index (Phi) is 3.54. The topological polar surface area (TPSA) is 4.93 Å². The summed E-state index contributed by atoms with van der Waals surface area (Å²) in [5.74, 6) is 0. The SMILES string of the molecule is Cn1c2ccccc2c2cc(-c3ccc4c(ccc5ccccc54)c3)c3ccccc3c21. The first-order valence-corrected chi connectivity index (χ1v) is 11.1. The van der Waals surface area contributed by atoms with Crippen molar-refractivity contribution < 1.29 is 0 Å². The van der Waals surface area contributed by atoms with Gasteiger partial charge in [-0.25, -0.2) is 0 Å². The van der Waals surface area contributed by atoms with Gasteiger partial charge in [0, 0.05) is 28.7 Å². The van der Waals surface area contributed by atoms with E-state index < -0.39 is 0 Å². The lowest BCUT2D eigenvalue weighted by atomic mass is 9.93. The Morgan fingerprint density at radius 1 is 0.469 bits per heavy atom. The van der Waals surface area contributed by atoms with Crippen molar-refractivity contribution >= 4 is 54.1 Å². The summed E-state index contributed by atoms with van der Waals surface area (Å²) >= 11 is 0. The molecule has 0 aliphatic carbocycles. The second kappa shape index (κ2) is 6.45. The van der Waals surface area contributed by atoms with Gasteiger partial charge in [-0.1, -0.05) is 91.0 Å². The fraction of sp³-hybridized carbons (Fsp3) is 0.0323. The summed E-state index contributed by atoms with van der Waals surface area (Å²) in [6.07, 6.45) is 0. The number of benzene rings is 6. The summed E-state index contributed by atoms with van der Waals surface area (Å²) < 4.78 is 2.34. The molecule has 0 saturated heterocycles. The largest absolute Gasteiger partial charge is 0.343 e. The molecule has 7 rings (SSSR count). The Morgan fingerprint density at radius 3 is 2.00 bits per heavy atom. The molecule has 6 aromatic carbocycles. The summed E-state index contributed by atoms with van der Waals surface area (Å²) in [6, 6.07) is 39.9. The van der Waals surface area contributed by atoms with Crippen molar-refractivity contribution in [1.82, 2.24) is 4.57 Å². The maximum absolute atomic E-state index is 2.39. The van der Waals surface area contributed by atoms with Crippen LogP contribution in [-0.2, 0) is 7.05 Å². The molecule has 1 heterocycles.